The monoisotopic (exact) mass is 285 g/mol. The van der Waals surface area contributed by atoms with Crippen LogP contribution in [0.4, 0.5) is 17.1 Å². The van der Waals surface area contributed by atoms with Crippen molar-refractivity contribution in [1.82, 2.24) is 0 Å². The standard InChI is InChI=1S/C14H11N3O4/c18-13(15-10-4-2-1-3-5-10)14(19)16-11-6-8-12(9-7-11)17(20)21/h1-9H,(H,15,18)(H,16,19). The summed E-state index contributed by atoms with van der Waals surface area (Å²) in [5, 5.41) is 15.3. The molecule has 0 saturated carbocycles. The molecule has 0 radical (unpaired) electrons. The molecule has 0 aliphatic rings. The molecule has 0 saturated heterocycles. The van der Waals surface area contributed by atoms with E-state index in [-0.39, 0.29) is 5.69 Å². The van der Waals surface area contributed by atoms with Crippen LogP contribution in [-0.4, -0.2) is 16.7 Å². The predicted octanol–water partition coefficient (Wildman–Crippen LogP) is 2.17. The molecule has 7 nitrogen and oxygen atoms in total. The first-order valence-corrected chi connectivity index (χ1v) is 5.98. The van der Waals surface area contributed by atoms with Crippen molar-refractivity contribution in [1.29, 1.82) is 0 Å². The molecule has 0 fully saturated rings. The molecule has 0 atom stereocenters. The third kappa shape index (κ3) is 3.87. The minimum Gasteiger partial charge on any atom is -0.318 e. The van der Waals surface area contributed by atoms with Gasteiger partial charge >= 0.3 is 11.8 Å². The number of hydrogen-bond donors (Lipinski definition) is 2. The SMILES string of the molecule is O=C(Nc1ccccc1)C(=O)Nc1ccc([N+](=O)[O-])cc1. The van der Waals surface area contributed by atoms with Crippen LogP contribution in [0.3, 0.4) is 0 Å². The summed E-state index contributed by atoms with van der Waals surface area (Å²) in [6.45, 7) is 0. The molecule has 0 aromatic heterocycles. The lowest BCUT2D eigenvalue weighted by Crippen LogP contribution is -2.29. The Hall–Kier alpha value is -3.22. The molecule has 21 heavy (non-hydrogen) atoms. The predicted molar refractivity (Wildman–Crippen MR) is 76.8 cm³/mol. The van der Waals surface area contributed by atoms with Gasteiger partial charge in [-0.25, -0.2) is 0 Å². The van der Waals surface area contributed by atoms with Crippen LogP contribution in [0.5, 0.6) is 0 Å². The highest BCUT2D eigenvalue weighted by Gasteiger charge is 2.14. The van der Waals surface area contributed by atoms with Crippen molar-refractivity contribution in [3.8, 4) is 0 Å². The van der Waals surface area contributed by atoms with E-state index in [9.17, 15) is 19.7 Å². The quantitative estimate of drug-likeness (QED) is 0.512. The fourth-order valence-corrected chi connectivity index (χ4v) is 1.56. The zero-order valence-electron chi connectivity index (χ0n) is 10.8. The molecule has 0 heterocycles. The molecule has 0 aliphatic heterocycles. The maximum Gasteiger partial charge on any atom is 0.314 e. The molecule has 2 rings (SSSR count). The molecule has 2 amide bonds. The third-order valence-corrected chi connectivity index (χ3v) is 2.57. The molecule has 2 aromatic rings. The Morgan fingerprint density at radius 3 is 1.76 bits per heavy atom. The highest BCUT2D eigenvalue weighted by atomic mass is 16.6. The van der Waals surface area contributed by atoms with Crippen LogP contribution in [0.2, 0.25) is 0 Å². The van der Waals surface area contributed by atoms with Gasteiger partial charge in [0.15, 0.2) is 0 Å². The summed E-state index contributed by atoms with van der Waals surface area (Å²) < 4.78 is 0. The number of para-hydroxylation sites is 1. The average Bonchev–Trinajstić information content (AvgIpc) is 2.48. The number of nitro benzene ring substituents is 1. The first-order valence-electron chi connectivity index (χ1n) is 5.98. The van der Waals surface area contributed by atoms with Gasteiger partial charge in [0.05, 0.1) is 4.92 Å². The van der Waals surface area contributed by atoms with Crippen LogP contribution in [-0.2, 0) is 9.59 Å². The van der Waals surface area contributed by atoms with Crippen molar-refractivity contribution in [2.75, 3.05) is 10.6 Å². The van der Waals surface area contributed by atoms with Crippen molar-refractivity contribution in [3.05, 3.63) is 64.7 Å². The van der Waals surface area contributed by atoms with Gasteiger partial charge in [-0.2, -0.15) is 0 Å². The van der Waals surface area contributed by atoms with Gasteiger partial charge in [-0.15, -0.1) is 0 Å². The Labute approximate surface area is 119 Å². The van der Waals surface area contributed by atoms with Crippen LogP contribution in [0, 0.1) is 10.1 Å². The number of hydrogen-bond acceptors (Lipinski definition) is 4. The number of carbonyl (C=O) groups excluding carboxylic acids is 2. The van der Waals surface area contributed by atoms with Crippen LogP contribution in [0.1, 0.15) is 0 Å². The van der Waals surface area contributed by atoms with Crippen LogP contribution in [0.15, 0.2) is 54.6 Å². The van der Waals surface area contributed by atoms with Gasteiger partial charge in [0.1, 0.15) is 0 Å². The molecule has 2 aromatic carbocycles. The van der Waals surface area contributed by atoms with Gasteiger partial charge in [0, 0.05) is 23.5 Å². The zero-order chi connectivity index (χ0) is 15.2. The van der Waals surface area contributed by atoms with Crippen molar-refractivity contribution in [3.63, 3.8) is 0 Å². The number of benzene rings is 2. The second-order valence-corrected chi connectivity index (χ2v) is 4.08. The fraction of sp³-hybridized carbons (Fsp3) is 0. The largest absolute Gasteiger partial charge is 0.318 e. The number of nitrogens with zero attached hydrogens (tertiary/aromatic N) is 1. The number of rotatable bonds is 3. The van der Waals surface area contributed by atoms with Crippen molar-refractivity contribution < 1.29 is 14.5 Å². The highest BCUT2D eigenvalue weighted by molar-refractivity contribution is 6.43. The molecular formula is C14H11N3O4. The Balaban J connectivity index is 1.97. The van der Waals surface area contributed by atoms with E-state index in [1.807, 2.05) is 0 Å². The summed E-state index contributed by atoms with van der Waals surface area (Å²) >= 11 is 0. The van der Waals surface area contributed by atoms with E-state index >= 15 is 0 Å². The molecule has 7 heteroatoms. The van der Waals surface area contributed by atoms with E-state index in [0.29, 0.717) is 11.4 Å². The topological polar surface area (TPSA) is 101 Å². The average molecular weight is 285 g/mol. The van der Waals surface area contributed by atoms with E-state index < -0.39 is 16.7 Å². The third-order valence-electron chi connectivity index (χ3n) is 2.57. The number of nitro groups is 1. The van der Waals surface area contributed by atoms with E-state index in [1.54, 1.807) is 30.3 Å². The molecule has 0 aliphatic carbocycles. The van der Waals surface area contributed by atoms with E-state index in [0.717, 1.165) is 0 Å². The van der Waals surface area contributed by atoms with Gasteiger partial charge in [-0.05, 0) is 24.3 Å². The van der Waals surface area contributed by atoms with Crippen molar-refractivity contribution >= 4 is 28.9 Å². The minimum absolute atomic E-state index is 0.0956. The Bertz CT molecular complexity index is 668. The van der Waals surface area contributed by atoms with E-state index in [1.165, 1.54) is 24.3 Å². The summed E-state index contributed by atoms with van der Waals surface area (Å²) in [7, 11) is 0. The first kappa shape index (κ1) is 14.2. The lowest BCUT2D eigenvalue weighted by atomic mass is 10.3. The van der Waals surface area contributed by atoms with E-state index in [2.05, 4.69) is 10.6 Å². The van der Waals surface area contributed by atoms with E-state index in [4.69, 9.17) is 0 Å². The van der Waals surface area contributed by atoms with Gasteiger partial charge < -0.3 is 10.6 Å². The van der Waals surface area contributed by atoms with Crippen molar-refractivity contribution in [2.24, 2.45) is 0 Å². The maximum atomic E-state index is 11.7. The van der Waals surface area contributed by atoms with Crippen LogP contribution in [0.25, 0.3) is 0 Å². The lowest BCUT2D eigenvalue weighted by molar-refractivity contribution is -0.384. The van der Waals surface area contributed by atoms with Gasteiger partial charge in [-0.3, -0.25) is 19.7 Å². The highest BCUT2D eigenvalue weighted by Crippen LogP contribution is 2.15. The Kier molecular flexibility index (Phi) is 4.25. The second-order valence-electron chi connectivity index (χ2n) is 4.08. The minimum atomic E-state index is -0.854. The molecular weight excluding hydrogens is 274 g/mol. The van der Waals surface area contributed by atoms with Crippen LogP contribution >= 0.6 is 0 Å². The number of carbonyl (C=O) groups is 2. The summed E-state index contributed by atoms with van der Waals surface area (Å²) in [4.78, 5) is 33.3. The maximum absolute atomic E-state index is 11.7. The Morgan fingerprint density at radius 2 is 1.29 bits per heavy atom. The molecule has 106 valence electrons. The zero-order valence-corrected chi connectivity index (χ0v) is 10.8. The van der Waals surface area contributed by atoms with Crippen molar-refractivity contribution in [2.45, 2.75) is 0 Å². The van der Waals surface area contributed by atoms with Gasteiger partial charge in [0.2, 0.25) is 0 Å². The van der Waals surface area contributed by atoms with Gasteiger partial charge in [-0.1, -0.05) is 18.2 Å². The summed E-state index contributed by atoms with van der Waals surface area (Å²) in [6, 6.07) is 13.7. The molecule has 0 spiro atoms. The Morgan fingerprint density at radius 1 is 0.810 bits per heavy atom. The summed E-state index contributed by atoms with van der Waals surface area (Å²) in [6.07, 6.45) is 0. The number of nitrogens with one attached hydrogen (secondary N) is 2. The molecule has 0 unspecified atom stereocenters. The normalized spacial score (nSPS) is 9.71. The molecule has 0 bridgehead atoms. The smallest absolute Gasteiger partial charge is 0.314 e. The summed E-state index contributed by atoms with van der Waals surface area (Å²) in [5.74, 6) is -1.67. The first-order chi connectivity index (χ1) is 10.1. The fourth-order valence-electron chi connectivity index (χ4n) is 1.56. The summed E-state index contributed by atoms with van der Waals surface area (Å²) in [5.41, 5.74) is 0.705. The van der Waals surface area contributed by atoms with Gasteiger partial charge in [0.25, 0.3) is 5.69 Å². The number of amides is 2. The number of anilines is 2. The number of non-ortho nitro benzene ring substituents is 1. The van der Waals surface area contributed by atoms with Crippen LogP contribution < -0.4 is 10.6 Å². The molecule has 2 N–H and O–H groups in total. The second kappa shape index (κ2) is 6.29. The lowest BCUT2D eigenvalue weighted by Gasteiger charge is -2.06.